The number of hydrogen-bond donors (Lipinski definition) is 1. The van der Waals surface area contributed by atoms with Crippen LogP contribution in [0.2, 0.25) is 0 Å². The van der Waals surface area contributed by atoms with E-state index < -0.39 is 5.97 Å². The van der Waals surface area contributed by atoms with Gasteiger partial charge in [-0.1, -0.05) is 12.8 Å². The maximum Gasteiger partial charge on any atom is 0.307 e. The molecule has 3 aliphatic carbocycles. The highest BCUT2D eigenvalue weighted by Crippen LogP contribution is 2.64. The van der Waals surface area contributed by atoms with Gasteiger partial charge in [0.1, 0.15) is 0 Å². The number of rotatable bonds is 2. The number of carbonyl (C=O) groups is 1. The summed E-state index contributed by atoms with van der Waals surface area (Å²) in [7, 11) is 0. The van der Waals surface area contributed by atoms with Gasteiger partial charge in [0.25, 0.3) is 0 Å². The van der Waals surface area contributed by atoms with Crippen LogP contribution in [0.3, 0.4) is 0 Å². The molecule has 1 N–H and O–H groups in total. The van der Waals surface area contributed by atoms with Crippen LogP contribution in [0.15, 0.2) is 0 Å². The first-order chi connectivity index (χ1) is 6.71. The third-order valence-corrected chi connectivity index (χ3v) is 4.69. The molecule has 3 rings (SSSR count). The molecule has 0 aromatic rings. The summed E-state index contributed by atoms with van der Waals surface area (Å²) >= 11 is 0. The zero-order valence-corrected chi connectivity index (χ0v) is 8.54. The lowest BCUT2D eigenvalue weighted by atomic mass is 9.75. The molecule has 14 heavy (non-hydrogen) atoms. The maximum absolute atomic E-state index is 10.9. The molecule has 0 aromatic heterocycles. The Bertz CT molecular complexity index is 269. The molecular weight excluding hydrogens is 176 g/mol. The largest absolute Gasteiger partial charge is 0.481 e. The van der Waals surface area contributed by atoms with E-state index in [9.17, 15) is 4.79 Å². The minimum Gasteiger partial charge on any atom is -0.481 e. The normalized spacial score (nSPS) is 46.6. The van der Waals surface area contributed by atoms with Gasteiger partial charge in [-0.15, -0.1) is 0 Å². The van der Waals surface area contributed by atoms with Gasteiger partial charge >= 0.3 is 5.97 Å². The van der Waals surface area contributed by atoms with Crippen molar-refractivity contribution in [1.82, 2.24) is 0 Å². The van der Waals surface area contributed by atoms with Gasteiger partial charge in [-0.2, -0.15) is 0 Å². The number of carboxylic acids is 1. The fourth-order valence-corrected chi connectivity index (χ4v) is 3.61. The van der Waals surface area contributed by atoms with Gasteiger partial charge in [-0.05, 0) is 49.4 Å². The summed E-state index contributed by atoms with van der Waals surface area (Å²) in [5.74, 6) is 1.33. The second-order valence-electron chi connectivity index (χ2n) is 5.65. The molecule has 0 heterocycles. The first kappa shape index (κ1) is 8.75. The molecule has 3 atom stereocenters. The molecule has 0 aliphatic heterocycles. The van der Waals surface area contributed by atoms with E-state index in [0.29, 0.717) is 0 Å². The van der Waals surface area contributed by atoms with E-state index in [1.807, 2.05) is 0 Å². The third-order valence-electron chi connectivity index (χ3n) is 4.69. The van der Waals surface area contributed by atoms with Crippen molar-refractivity contribution < 1.29 is 9.90 Å². The van der Waals surface area contributed by atoms with E-state index in [-0.39, 0.29) is 11.3 Å². The van der Waals surface area contributed by atoms with E-state index in [1.165, 1.54) is 38.5 Å². The summed E-state index contributed by atoms with van der Waals surface area (Å²) < 4.78 is 0. The Morgan fingerprint density at radius 1 is 1.14 bits per heavy atom. The van der Waals surface area contributed by atoms with Gasteiger partial charge < -0.3 is 5.11 Å². The van der Waals surface area contributed by atoms with Crippen molar-refractivity contribution >= 4 is 5.97 Å². The van der Waals surface area contributed by atoms with Gasteiger partial charge in [-0.3, -0.25) is 4.79 Å². The SMILES string of the molecule is O=C(O)C1CC12CCCC(C1CC1)C2. The highest BCUT2D eigenvalue weighted by atomic mass is 16.4. The molecule has 78 valence electrons. The number of hydrogen-bond acceptors (Lipinski definition) is 1. The minimum atomic E-state index is -0.540. The van der Waals surface area contributed by atoms with Gasteiger partial charge in [0.15, 0.2) is 0 Å². The summed E-state index contributed by atoms with van der Waals surface area (Å²) in [6.07, 6.45) is 8.88. The average molecular weight is 194 g/mol. The molecule has 0 aromatic carbocycles. The maximum atomic E-state index is 10.9. The van der Waals surface area contributed by atoms with E-state index in [4.69, 9.17) is 5.11 Å². The molecule has 0 saturated heterocycles. The lowest BCUT2D eigenvalue weighted by Gasteiger charge is -2.29. The van der Waals surface area contributed by atoms with Crippen molar-refractivity contribution in [1.29, 1.82) is 0 Å². The Morgan fingerprint density at radius 2 is 1.93 bits per heavy atom. The predicted octanol–water partition coefficient (Wildman–Crippen LogP) is 2.68. The second-order valence-corrected chi connectivity index (χ2v) is 5.65. The van der Waals surface area contributed by atoms with Crippen molar-refractivity contribution in [3.05, 3.63) is 0 Å². The Balaban J connectivity index is 1.67. The monoisotopic (exact) mass is 194 g/mol. The first-order valence-corrected chi connectivity index (χ1v) is 5.94. The Morgan fingerprint density at radius 3 is 2.50 bits per heavy atom. The fraction of sp³-hybridized carbons (Fsp3) is 0.917. The molecule has 0 bridgehead atoms. The average Bonchev–Trinajstić information content (AvgIpc) is 2.98. The van der Waals surface area contributed by atoms with Crippen LogP contribution in [-0.2, 0) is 4.79 Å². The van der Waals surface area contributed by atoms with Gasteiger partial charge in [0.2, 0.25) is 0 Å². The zero-order chi connectivity index (χ0) is 9.76. The van der Waals surface area contributed by atoms with Crippen LogP contribution >= 0.6 is 0 Å². The molecular formula is C12H18O2. The van der Waals surface area contributed by atoms with Crippen LogP contribution in [0.1, 0.15) is 44.9 Å². The quantitative estimate of drug-likeness (QED) is 0.733. The molecule has 3 unspecified atom stereocenters. The predicted molar refractivity (Wildman–Crippen MR) is 52.9 cm³/mol. The van der Waals surface area contributed by atoms with Crippen molar-refractivity contribution in [3.63, 3.8) is 0 Å². The molecule has 3 aliphatic rings. The topological polar surface area (TPSA) is 37.3 Å². The van der Waals surface area contributed by atoms with Gasteiger partial charge in [0.05, 0.1) is 5.92 Å². The Labute approximate surface area is 84.7 Å². The summed E-state index contributed by atoms with van der Waals surface area (Å²) in [4.78, 5) is 10.9. The molecule has 3 fully saturated rings. The van der Waals surface area contributed by atoms with E-state index >= 15 is 0 Å². The van der Waals surface area contributed by atoms with E-state index in [0.717, 1.165) is 18.3 Å². The van der Waals surface area contributed by atoms with Crippen LogP contribution < -0.4 is 0 Å². The molecule has 0 radical (unpaired) electrons. The van der Waals surface area contributed by atoms with E-state index in [1.54, 1.807) is 0 Å². The van der Waals surface area contributed by atoms with Crippen LogP contribution in [-0.4, -0.2) is 11.1 Å². The summed E-state index contributed by atoms with van der Waals surface area (Å²) in [6.45, 7) is 0. The fourth-order valence-electron chi connectivity index (χ4n) is 3.61. The molecule has 2 heteroatoms. The lowest BCUT2D eigenvalue weighted by Crippen LogP contribution is -2.21. The Kier molecular flexibility index (Phi) is 1.71. The van der Waals surface area contributed by atoms with Crippen LogP contribution in [0.4, 0.5) is 0 Å². The summed E-state index contributed by atoms with van der Waals surface area (Å²) in [5, 5.41) is 9.01. The smallest absolute Gasteiger partial charge is 0.307 e. The first-order valence-electron chi connectivity index (χ1n) is 5.94. The third kappa shape index (κ3) is 1.27. The zero-order valence-electron chi connectivity index (χ0n) is 8.54. The number of carboxylic acid groups (broad SMARTS) is 1. The lowest BCUT2D eigenvalue weighted by molar-refractivity contribution is -0.139. The standard InChI is InChI=1S/C12H18O2/c13-11(14)10-7-12(10)5-1-2-9(6-12)8-3-4-8/h8-10H,1-7H2,(H,13,14). The van der Waals surface area contributed by atoms with Crippen molar-refractivity contribution in [2.24, 2.45) is 23.2 Å². The minimum absolute atomic E-state index is 0.0176. The van der Waals surface area contributed by atoms with Crippen LogP contribution in [0, 0.1) is 23.2 Å². The van der Waals surface area contributed by atoms with Gasteiger partial charge in [0, 0.05) is 0 Å². The molecule has 3 saturated carbocycles. The highest BCUT2D eigenvalue weighted by molar-refractivity contribution is 5.74. The van der Waals surface area contributed by atoms with Crippen molar-refractivity contribution in [2.45, 2.75) is 44.9 Å². The second kappa shape index (κ2) is 2.74. The summed E-state index contributed by atoms with van der Waals surface area (Å²) in [5.41, 5.74) is 0.261. The molecule has 0 amide bonds. The highest BCUT2D eigenvalue weighted by Gasteiger charge is 2.60. The van der Waals surface area contributed by atoms with Crippen LogP contribution in [0.5, 0.6) is 0 Å². The molecule has 1 spiro atoms. The van der Waals surface area contributed by atoms with Crippen molar-refractivity contribution in [3.8, 4) is 0 Å². The summed E-state index contributed by atoms with van der Waals surface area (Å²) in [6, 6.07) is 0. The van der Waals surface area contributed by atoms with Crippen LogP contribution in [0.25, 0.3) is 0 Å². The van der Waals surface area contributed by atoms with Crippen molar-refractivity contribution in [2.75, 3.05) is 0 Å². The molecule has 2 nitrogen and oxygen atoms in total. The van der Waals surface area contributed by atoms with Gasteiger partial charge in [-0.25, -0.2) is 0 Å². The van der Waals surface area contributed by atoms with E-state index in [2.05, 4.69) is 0 Å². The Hall–Kier alpha value is -0.530. The number of aliphatic carboxylic acids is 1.